The number of halogens is 1. The second-order valence-corrected chi connectivity index (χ2v) is 7.48. The topological polar surface area (TPSA) is 54.6 Å². The molecule has 0 bridgehead atoms. The lowest BCUT2D eigenvalue weighted by atomic mass is 9.97. The molecule has 0 unspecified atom stereocenters. The van der Waals surface area contributed by atoms with Crippen molar-refractivity contribution in [2.24, 2.45) is 0 Å². The lowest BCUT2D eigenvalue weighted by Gasteiger charge is -2.19. The molecule has 0 aliphatic carbocycles. The number of benzene rings is 2. The van der Waals surface area contributed by atoms with Crippen molar-refractivity contribution in [3.63, 3.8) is 0 Å². The summed E-state index contributed by atoms with van der Waals surface area (Å²) in [6.45, 7) is 3.22. The van der Waals surface area contributed by atoms with Crippen LogP contribution in [0.5, 0.6) is 11.5 Å². The number of fused-ring (bicyclic) bond motifs is 1. The number of carbonyl (C=O) groups excluding carboxylic acids is 1. The molecular formula is C23H25FN2O3. The smallest absolute Gasteiger partial charge is 0.227 e. The van der Waals surface area contributed by atoms with Gasteiger partial charge in [-0.25, -0.2) is 4.39 Å². The van der Waals surface area contributed by atoms with Gasteiger partial charge in [0.2, 0.25) is 5.91 Å². The maximum absolute atomic E-state index is 14.0. The van der Waals surface area contributed by atoms with Crippen molar-refractivity contribution in [2.45, 2.75) is 25.7 Å². The van der Waals surface area contributed by atoms with E-state index in [0.717, 1.165) is 34.4 Å². The van der Waals surface area contributed by atoms with E-state index in [4.69, 9.17) is 9.47 Å². The van der Waals surface area contributed by atoms with Crippen LogP contribution >= 0.6 is 0 Å². The number of amides is 1. The number of carbonyl (C=O) groups is 1. The summed E-state index contributed by atoms with van der Waals surface area (Å²) in [6.07, 6.45) is 1.13. The molecule has 0 saturated carbocycles. The van der Waals surface area contributed by atoms with Gasteiger partial charge in [0.05, 0.1) is 26.2 Å². The maximum atomic E-state index is 14.0. The highest BCUT2D eigenvalue weighted by Gasteiger charge is 2.30. The Labute approximate surface area is 169 Å². The maximum Gasteiger partial charge on any atom is 0.227 e. The van der Waals surface area contributed by atoms with E-state index >= 15 is 0 Å². The molecule has 1 aliphatic rings. The number of aromatic amines is 1. The molecule has 1 aliphatic heterocycles. The average molecular weight is 396 g/mol. The van der Waals surface area contributed by atoms with Crippen LogP contribution in [-0.2, 0) is 11.2 Å². The average Bonchev–Trinajstić information content (AvgIpc) is 3.34. The van der Waals surface area contributed by atoms with Gasteiger partial charge in [0.25, 0.3) is 0 Å². The van der Waals surface area contributed by atoms with Crippen LogP contribution in [0.3, 0.4) is 0 Å². The number of methoxy groups -OCH3 is 2. The van der Waals surface area contributed by atoms with E-state index in [9.17, 15) is 9.18 Å². The highest BCUT2D eigenvalue weighted by molar-refractivity contribution is 5.90. The summed E-state index contributed by atoms with van der Waals surface area (Å²) in [5.41, 5.74) is 3.23. The van der Waals surface area contributed by atoms with Crippen molar-refractivity contribution in [3.05, 3.63) is 59.0 Å². The molecule has 2 aromatic carbocycles. The van der Waals surface area contributed by atoms with Gasteiger partial charge in [-0.2, -0.15) is 0 Å². The van der Waals surface area contributed by atoms with Crippen LogP contribution in [0.2, 0.25) is 0 Å². The molecular weight excluding hydrogens is 371 g/mol. The third-order valence-electron chi connectivity index (χ3n) is 5.85. The number of H-pyrrole nitrogens is 1. The van der Waals surface area contributed by atoms with E-state index < -0.39 is 0 Å². The molecule has 1 N–H and O–H groups in total. The first kappa shape index (κ1) is 19.3. The zero-order valence-electron chi connectivity index (χ0n) is 16.9. The minimum Gasteiger partial charge on any atom is -0.493 e. The largest absolute Gasteiger partial charge is 0.493 e. The van der Waals surface area contributed by atoms with Crippen molar-refractivity contribution < 1.29 is 18.7 Å². The summed E-state index contributed by atoms with van der Waals surface area (Å²) < 4.78 is 25.0. The lowest BCUT2D eigenvalue weighted by molar-refractivity contribution is -0.129. The first-order valence-electron chi connectivity index (χ1n) is 9.77. The van der Waals surface area contributed by atoms with E-state index in [1.165, 1.54) is 6.07 Å². The molecule has 3 aromatic rings. The van der Waals surface area contributed by atoms with Crippen LogP contribution in [0.4, 0.5) is 4.39 Å². The molecule has 152 valence electrons. The van der Waals surface area contributed by atoms with Gasteiger partial charge in [-0.1, -0.05) is 24.3 Å². The lowest BCUT2D eigenvalue weighted by Crippen LogP contribution is -2.30. The number of hydrogen-bond donors (Lipinski definition) is 1. The van der Waals surface area contributed by atoms with Crippen LogP contribution in [-0.4, -0.2) is 43.1 Å². The number of aromatic nitrogens is 1. The van der Waals surface area contributed by atoms with E-state index in [2.05, 4.69) is 4.98 Å². The van der Waals surface area contributed by atoms with Gasteiger partial charge in [-0.15, -0.1) is 0 Å². The number of para-hydroxylation sites is 2. The SMILES string of the molecule is COc1cccc([C@@H]2CCN(C(=O)Cc3c(C)[nH]c4c(F)cccc34)C2)c1OC. The quantitative estimate of drug-likeness (QED) is 0.704. The third kappa shape index (κ3) is 3.43. The fourth-order valence-corrected chi connectivity index (χ4v) is 4.33. The second kappa shape index (κ2) is 7.78. The number of hydrogen-bond acceptors (Lipinski definition) is 3. The van der Waals surface area contributed by atoms with Gasteiger partial charge in [0, 0.05) is 35.7 Å². The Balaban J connectivity index is 1.53. The van der Waals surface area contributed by atoms with Crippen LogP contribution < -0.4 is 9.47 Å². The molecule has 1 atom stereocenters. The van der Waals surface area contributed by atoms with Gasteiger partial charge in [0.15, 0.2) is 11.5 Å². The predicted octanol–water partition coefficient (Wildman–Crippen LogP) is 4.19. The van der Waals surface area contributed by atoms with Gasteiger partial charge < -0.3 is 19.4 Å². The third-order valence-corrected chi connectivity index (χ3v) is 5.85. The highest BCUT2D eigenvalue weighted by atomic mass is 19.1. The Bertz CT molecular complexity index is 1060. The van der Waals surface area contributed by atoms with Crippen molar-refractivity contribution in [2.75, 3.05) is 27.3 Å². The first-order valence-corrected chi connectivity index (χ1v) is 9.77. The van der Waals surface area contributed by atoms with Gasteiger partial charge in [-0.3, -0.25) is 4.79 Å². The van der Waals surface area contributed by atoms with Crippen LogP contribution in [0.25, 0.3) is 10.9 Å². The van der Waals surface area contributed by atoms with Crippen LogP contribution in [0.15, 0.2) is 36.4 Å². The summed E-state index contributed by atoms with van der Waals surface area (Å²) in [5, 5.41) is 0.779. The number of likely N-dealkylation sites (tertiary alicyclic amines) is 1. The minimum absolute atomic E-state index is 0.0580. The van der Waals surface area contributed by atoms with Crippen LogP contribution in [0, 0.1) is 12.7 Å². The zero-order valence-corrected chi connectivity index (χ0v) is 16.9. The first-order chi connectivity index (χ1) is 14.0. The molecule has 0 spiro atoms. The fourth-order valence-electron chi connectivity index (χ4n) is 4.33. The Kier molecular flexibility index (Phi) is 5.18. The number of rotatable bonds is 5. The van der Waals surface area contributed by atoms with Crippen molar-refractivity contribution in [1.29, 1.82) is 0 Å². The summed E-state index contributed by atoms with van der Waals surface area (Å²) >= 11 is 0. The molecule has 2 heterocycles. The van der Waals surface area contributed by atoms with Crippen molar-refractivity contribution in [1.82, 2.24) is 9.88 Å². The van der Waals surface area contributed by atoms with Crippen molar-refractivity contribution >= 4 is 16.8 Å². The predicted molar refractivity (Wildman–Crippen MR) is 110 cm³/mol. The standard InChI is InChI=1S/C23H25FN2O3/c1-14-18(17-7-4-8-19(24)22(17)25-14)12-21(27)26-11-10-15(13-26)16-6-5-9-20(28-2)23(16)29-3/h4-9,15,25H,10-13H2,1-3H3/t15-/m1/s1. The monoisotopic (exact) mass is 396 g/mol. The van der Waals surface area contributed by atoms with Gasteiger partial charge in [0.1, 0.15) is 5.82 Å². The van der Waals surface area contributed by atoms with E-state index in [0.29, 0.717) is 24.4 Å². The Hall–Kier alpha value is -3.02. The van der Waals surface area contributed by atoms with E-state index in [1.807, 2.05) is 36.1 Å². The molecule has 5 nitrogen and oxygen atoms in total. The summed E-state index contributed by atoms with van der Waals surface area (Å²) in [4.78, 5) is 18.0. The Morgan fingerprint density at radius 2 is 2.00 bits per heavy atom. The van der Waals surface area contributed by atoms with Gasteiger partial charge >= 0.3 is 0 Å². The number of aryl methyl sites for hydroxylation is 1. The molecule has 4 rings (SSSR count). The van der Waals surface area contributed by atoms with Gasteiger partial charge in [-0.05, 0) is 31.0 Å². The number of nitrogens with zero attached hydrogens (tertiary/aromatic N) is 1. The summed E-state index contributed by atoms with van der Waals surface area (Å²) in [6, 6.07) is 10.8. The fraction of sp³-hybridized carbons (Fsp3) is 0.348. The van der Waals surface area contributed by atoms with Crippen LogP contribution in [0.1, 0.15) is 29.2 Å². The number of ether oxygens (including phenoxy) is 2. The Morgan fingerprint density at radius 3 is 2.76 bits per heavy atom. The number of nitrogens with one attached hydrogen (secondary N) is 1. The van der Waals surface area contributed by atoms with E-state index in [-0.39, 0.29) is 24.1 Å². The molecule has 6 heteroatoms. The molecule has 1 amide bonds. The normalized spacial score (nSPS) is 16.4. The molecule has 1 fully saturated rings. The Morgan fingerprint density at radius 1 is 1.21 bits per heavy atom. The molecule has 29 heavy (non-hydrogen) atoms. The zero-order chi connectivity index (χ0) is 20.5. The highest BCUT2D eigenvalue weighted by Crippen LogP contribution is 2.39. The molecule has 1 saturated heterocycles. The molecule has 0 radical (unpaired) electrons. The molecule has 1 aromatic heterocycles. The summed E-state index contributed by atoms with van der Waals surface area (Å²) in [7, 11) is 3.26. The summed E-state index contributed by atoms with van der Waals surface area (Å²) in [5.74, 6) is 1.40. The second-order valence-electron chi connectivity index (χ2n) is 7.48. The van der Waals surface area contributed by atoms with Crippen molar-refractivity contribution in [3.8, 4) is 11.5 Å². The minimum atomic E-state index is -0.296. The van der Waals surface area contributed by atoms with E-state index in [1.54, 1.807) is 20.3 Å².